The van der Waals surface area contributed by atoms with Crippen LogP contribution in [0.1, 0.15) is 55.9 Å². The molecule has 1 amide bonds. The van der Waals surface area contributed by atoms with Crippen molar-refractivity contribution in [3.8, 4) is 0 Å². The lowest BCUT2D eigenvalue weighted by molar-refractivity contribution is -0.171. The number of nitrogens with two attached hydrogens (primary N) is 1. The van der Waals surface area contributed by atoms with Crippen LogP contribution in [-0.4, -0.2) is 32.9 Å². The van der Waals surface area contributed by atoms with Crippen molar-refractivity contribution >= 4 is 11.7 Å². The van der Waals surface area contributed by atoms with E-state index in [1.54, 1.807) is 6.07 Å². The van der Waals surface area contributed by atoms with E-state index in [-0.39, 0.29) is 17.4 Å². The molecule has 5 N–H and O–H groups in total. The first kappa shape index (κ1) is 14.1. The van der Waals surface area contributed by atoms with Crippen LogP contribution >= 0.6 is 0 Å². The van der Waals surface area contributed by atoms with Gasteiger partial charge in [-0.05, 0) is 62.7 Å². The maximum atomic E-state index is 12.3. The highest BCUT2D eigenvalue weighted by Crippen LogP contribution is 2.62. The van der Waals surface area contributed by atoms with Crippen molar-refractivity contribution in [1.29, 1.82) is 0 Å². The number of hydrogen-bond donors (Lipinski definition) is 4. The zero-order valence-corrected chi connectivity index (χ0v) is 12.9. The van der Waals surface area contributed by atoms with Crippen LogP contribution in [0.4, 0.5) is 5.82 Å². The largest absolute Gasteiger partial charge is 0.390 e. The molecular formula is C16H24N4O2. The molecule has 3 atom stereocenters. The molecular weight excluding hydrogens is 280 g/mol. The molecule has 0 radical (unpaired) electrons. The van der Waals surface area contributed by atoms with Crippen molar-refractivity contribution < 1.29 is 9.90 Å². The molecule has 1 aromatic rings. The summed E-state index contributed by atoms with van der Waals surface area (Å²) in [6.07, 6.45) is 6.21. The number of aromatic nitrogens is 2. The number of carbonyl (C=O) groups excluding carboxylic acids is 1. The van der Waals surface area contributed by atoms with Crippen molar-refractivity contribution in [2.45, 2.75) is 57.1 Å². The van der Waals surface area contributed by atoms with Crippen LogP contribution in [-0.2, 0) is 0 Å². The summed E-state index contributed by atoms with van der Waals surface area (Å²) in [4.78, 5) is 12.3. The van der Waals surface area contributed by atoms with Crippen molar-refractivity contribution in [3.63, 3.8) is 0 Å². The predicted octanol–water partition coefficient (Wildman–Crippen LogP) is 1.44. The molecule has 5 rings (SSSR count). The van der Waals surface area contributed by atoms with Gasteiger partial charge in [-0.25, -0.2) is 0 Å². The number of amides is 1. The van der Waals surface area contributed by atoms with Gasteiger partial charge >= 0.3 is 0 Å². The van der Waals surface area contributed by atoms with Gasteiger partial charge in [0.05, 0.1) is 5.60 Å². The van der Waals surface area contributed by atoms with Crippen molar-refractivity contribution in [3.05, 3.63) is 11.8 Å². The van der Waals surface area contributed by atoms with E-state index < -0.39 is 5.60 Å². The Hall–Kier alpha value is -1.56. The van der Waals surface area contributed by atoms with E-state index in [4.69, 9.17) is 5.73 Å². The van der Waals surface area contributed by atoms with Crippen molar-refractivity contribution in [1.82, 2.24) is 15.5 Å². The molecule has 120 valence electrons. The Kier molecular flexibility index (Phi) is 2.86. The lowest BCUT2D eigenvalue weighted by Crippen LogP contribution is -2.61. The maximum absolute atomic E-state index is 12.3. The summed E-state index contributed by atoms with van der Waals surface area (Å²) >= 11 is 0. The van der Waals surface area contributed by atoms with Crippen LogP contribution < -0.4 is 11.1 Å². The van der Waals surface area contributed by atoms with E-state index in [1.165, 1.54) is 6.42 Å². The molecule has 22 heavy (non-hydrogen) atoms. The van der Waals surface area contributed by atoms with Crippen LogP contribution in [0.2, 0.25) is 0 Å². The van der Waals surface area contributed by atoms with E-state index in [0.717, 1.165) is 32.1 Å². The van der Waals surface area contributed by atoms with E-state index in [1.807, 2.05) is 0 Å². The molecule has 4 aliphatic carbocycles. The Balaban J connectivity index is 1.52. The summed E-state index contributed by atoms with van der Waals surface area (Å²) in [7, 11) is 0. The van der Waals surface area contributed by atoms with Gasteiger partial charge in [0, 0.05) is 12.1 Å². The third-order valence-electron chi connectivity index (χ3n) is 6.18. The fraction of sp³-hybridized carbons (Fsp3) is 0.750. The topological polar surface area (TPSA) is 104 Å². The highest BCUT2D eigenvalue weighted by atomic mass is 16.3. The van der Waals surface area contributed by atoms with Gasteiger partial charge in [-0.3, -0.25) is 9.89 Å². The quantitative estimate of drug-likeness (QED) is 0.678. The minimum absolute atomic E-state index is 0.0417. The van der Waals surface area contributed by atoms with Gasteiger partial charge in [0.1, 0.15) is 11.5 Å². The zero-order valence-electron chi connectivity index (χ0n) is 12.9. The number of aromatic amines is 1. The molecule has 0 saturated heterocycles. The number of rotatable bonds is 3. The van der Waals surface area contributed by atoms with Gasteiger partial charge in [-0.1, -0.05) is 0 Å². The molecule has 4 fully saturated rings. The molecule has 4 bridgehead atoms. The minimum Gasteiger partial charge on any atom is -0.390 e. The second-order valence-corrected chi connectivity index (χ2v) is 7.95. The third kappa shape index (κ3) is 2.12. The average Bonchev–Trinajstić information content (AvgIpc) is 2.82. The average molecular weight is 304 g/mol. The van der Waals surface area contributed by atoms with Crippen LogP contribution in [0.25, 0.3) is 0 Å². The summed E-state index contributed by atoms with van der Waals surface area (Å²) in [6.45, 7) is 2.08. The molecule has 4 saturated carbocycles. The van der Waals surface area contributed by atoms with Crippen LogP contribution in [0.5, 0.6) is 0 Å². The van der Waals surface area contributed by atoms with Gasteiger partial charge in [0.15, 0.2) is 0 Å². The lowest BCUT2D eigenvalue weighted by atomic mass is 9.46. The zero-order chi connectivity index (χ0) is 15.5. The first-order valence-electron chi connectivity index (χ1n) is 8.22. The number of hydrogen-bond acceptors (Lipinski definition) is 4. The van der Waals surface area contributed by atoms with Gasteiger partial charge in [-0.15, -0.1) is 0 Å². The summed E-state index contributed by atoms with van der Waals surface area (Å²) in [6, 6.07) is 1.59. The number of aliphatic hydroxyl groups is 1. The molecule has 0 aromatic carbocycles. The van der Waals surface area contributed by atoms with E-state index in [0.29, 0.717) is 23.3 Å². The Morgan fingerprint density at radius 2 is 2.14 bits per heavy atom. The molecule has 1 heterocycles. The Morgan fingerprint density at radius 3 is 2.68 bits per heavy atom. The van der Waals surface area contributed by atoms with Crippen LogP contribution in [0, 0.1) is 17.3 Å². The van der Waals surface area contributed by atoms with Crippen molar-refractivity contribution in [2.24, 2.45) is 17.3 Å². The number of nitrogens with one attached hydrogen (secondary N) is 2. The number of nitrogen functional groups attached to an aromatic ring is 1. The molecule has 0 spiro atoms. The van der Waals surface area contributed by atoms with Crippen molar-refractivity contribution in [2.75, 3.05) is 5.73 Å². The SMILES string of the molecule is CC(NC(=O)c1cc(N)n[nH]1)C12CC3CC(CC(O)(C3)C1)C2. The second-order valence-electron chi connectivity index (χ2n) is 7.95. The number of H-pyrrole nitrogens is 1. The number of carbonyl (C=O) groups is 1. The van der Waals surface area contributed by atoms with Crippen LogP contribution in [0.3, 0.4) is 0 Å². The maximum Gasteiger partial charge on any atom is 0.269 e. The summed E-state index contributed by atoms with van der Waals surface area (Å²) in [5, 5.41) is 20.4. The predicted molar refractivity (Wildman–Crippen MR) is 82.0 cm³/mol. The van der Waals surface area contributed by atoms with E-state index in [9.17, 15) is 9.90 Å². The standard InChI is InChI=1S/C16H24N4O2/c1-9(18-14(21)12-3-13(17)20-19-12)15-4-10-2-11(5-15)7-16(22,6-10)8-15/h3,9-11,22H,2,4-8H2,1H3,(H,18,21)(H3,17,19,20). The molecule has 1 aromatic heterocycles. The van der Waals surface area contributed by atoms with Gasteiger partial charge < -0.3 is 16.2 Å². The summed E-state index contributed by atoms with van der Waals surface area (Å²) in [5.74, 6) is 1.39. The molecule has 6 nitrogen and oxygen atoms in total. The first-order chi connectivity index (χ1) is 10.4. The monoisotopic (exact) mass is 304 g/mol. The second kappa shape index (κ2) is 4.47. The molecule has 4 aliphatic rings. The van der Waals surface area contributed by atoms with E-state index >= 15 is 0 Å². The lowest BCUT2D eigenvalue weighted by Gasteiger charge is -2.62. The molecule has 3 unspecified atom stereocenters. The summed E-state index contributed by atoms with van der Waals surface area (Å²) in [5.41, 5.74) is 5.49. The van der Waals surface area contributed by atoms with Gasteiger partial charge in [0.25, 0.3) is 5.91 Å². The first-order valence-corrected chi connectivity index (χ1v) is 8.22. The highest BCUT2D eigenvalue weighted by molar-refractivity contribution is 5.93. The number of nitrogens with zero attached hydrogens (tertiary/aromatic N) is 1. The molecule has 0 aliphatic heterocycles. The Labute approximate surface area is 129 Å². The smallest absolute Gasteiger partial charge is 0.269 e. The Morgan fingerprint density at radius 1 is 1.45 bits per heavy atom. The van der Waals surface area contributed by atoms with Crippen LogP contribution in [0.15, 0.2) is 6.07 Å². The minimum atomic E-state index is -0.499. The fourth-order valence-electron chi connectivity index (χ4n) is 5.67. The third-order valence-corrected chi connectivity index (χ3v) is 6.18. The Bertz CT molecular complexity index is 597. The number of anilines is 1. The fourth-order valence-corrected chi connectivity index (χ4v) is 5.67. The summed E-state index contributed by atoms with van der Waals surface area (Å²) < 4.78 is 0. The van der Waals surface area contributed by atoms with Gasteiger partial charge in [0.2, 0.25) is 0 Å². The van der Waals surface area contributed by atoms with E-state index in [2.05, 4.69) is 22.4 Å². The highest BCUT2D eigenvalue weighted by Gasteiger charge is 2.59. The van der Waals surface area contributed by atoms with Gasteiger partial charge in [-0.2, -0.15) is 5.10 Å². The normalized spacial score (nSPS) is 40.6. The molecule has 6 heteroatoms.